The van der Waals surface area contributed by atoms with Crippen LogP contribution >= 0.6 is 0 Å². The molecule has 1 aromatic heterocycles. The molecular weight excluding hydrogens is 283 g/mol. The van der Waals surface area contributed by atoms with Gasteiger partial charge in [0.15, 0.2) is 15.7 Å². The molecule has 1 aliphatic rings. The Morgan fingerprint density at radius 2 is 2.05 bits per heavy atom. The van der Waals surface area contributed by atoms with Crippen molar-refractivity contribution < 1.29 is 12.8 Å². The summed E-state index contributed by atoms with van der Waals surface area (Å²) < 4.78 is 38.1. The summed E-state index contributed by atoms with van der Waals surface area (Å²) in [6.07, 6.45) is 5.43. The minimum atomic E-state index is -3.41. The van der Waals surface area contributed by atoms with Crippen molar-refractivity contribution in [3.8, 4) is 0 Å². The molecule has 1 unspecified atom stereocenters. The van der Waals surface area contributed by atoms with E-state index in [9.17, 15) is 12.8 Å². The average Bonchev–Trinajstić information content (AvgIpc) is 2.94. The van der Waals surface area contributed by atoms with Gasteiger partial charge >= 0.3 is 0 Å². The van der Waals surface area contributed by atoms with Gasteiger partial charge in [-0.25, -0.2) is 13.1 Å². The van der Waals surface area contributed by atoms with Gasteiger partial charge in [0, 0.05) is 0 Å². The highest BCUT2D eigenvalue weighted by molar-refractivity contribution is 7.91. The van der Waals surface area contributed by atoms with Crippen LogP contribution < -0.4 is 0 Å². The SMILES string of the molecule is CC(c1nnnn1C1CCCCC1)S(=O)(=O)CCCF. The first-order valence-corrected chi connectivity index (χ1v) is 8.83. The zero-order valence-corrected chi connectivity index (χ0v) is 12.5. The number of hydrogen-bond donors (Lipinski definition) is 0. The van der Waals surface area contributed by atoms with Gasteiger partial charge in [0.25, 0.3) is 0 Å². The van der Waals surface area contributed by atoms with Crippen molar-refractivity contribution in [1.29, 1.82) is 0 Å². The van der Waals surface area contributed by atoms with E-state index in [2.05, 4.69) is 15.5 Å². The van der Waals surface area contributed by atoms with Crippen molar-refractivity contribution in [1.82, 2.24) is 20.2 Å². The molecule has 1 saturated carbocycles. The quantitative estimate of drug-likeness (QED) is 0.803. The van der Waals surface area contributed by atoms with Gasteiger partial charge in [-0.2, -0.15) is 0 Å². The number of sulfone groups is 1. The molecule has 0 bridgehead atoms. The van der Waals surface area contributed by atoms with E-state index in [0.717, 1.165) is 25.7 Å². The van der Waals surface area contributed by atoms with Crippen LogP contribution in [-0.4, -0.2) is 41.1 Å². The predicted octanol–water partition coefficient (Wildman–Crippen LogP) is 2.01. The van der Waals surface area contributed by atoms with Crippen molar-refractivity contribution in [2.75, 3.05) is 12.4 Å². The van der Waals surface area contributed by atoms with Crippen LogP contribution in [-0.2, 0) is 9.84 Å². The maximum absolute atomic E-state index is 12.2. The van der Waals surface area contributed by atoms with Crippen LogP contribution in [0, 0.1) is 0 Å². The third kappa shape index (κ3) is 3.34. The van der Waals surface area contributed by atoms with Gasteiger partial charge in [0.05, 0.1) is 18.5 Å². The Kier molecular flexibility index (Phi) is 5.06. The molecule has 0 aliphatic heterocycles. The van der Waals surface area contributed by atoms with Crippen molar-refractivity contribution >= 4 is 9.84 Å². The highest BCUT2D eigenvalue weighted by atomic mass is 32.2. The molecule has 0 amide bonds. The van der Waals surface area contributed by atoms with Crippen LogP contribution in [0.4, 0.5) is 4.39 Å². The molecule has 20 heavy (non-hydrogen) atoms. The monoisotopic (exact) mass is 304 g/mol. The fraction of sp³-hybridized carbons (Fsp3) is 0.917. The number of halogens is 1. The van der Waals surface area contributed by atoms with E-state index in [4.69, 9.17) is 0 Å². The Hall–Kier alpha value is -1.05. The third-order valence-corrected chi connectivity index (χ3v) is 6.05. The average molecular weight is 304 g/mol. The third-order valence-electron chi connectivity index (χ3n) is 3.90. The van der Waals surface area contributed by atoms with E-state index in [1.165, 1.54) is 6.42 Å². The molecule has 2 rings (SSSR count). The zero-order chi connectivity index (χ0) is 14.6. The van der Waals surface area contributed by atoms with Gasteiger partial charge in [0.1, 0.15) is 5.25 Å². The Labute approximate surface area is 118 Å². The van der Waals surface area contributed by atoms with E-state index in [0.29, 0.717) is 5.82 Å². The van der Waals surface area contributed by atoms with Crippen LogP contribution in [0.5, 0.6) is 0 Å². The van der Waals surface area contributed by atoms with Crippen molar-refractivity contribution in [2.45, 2.75) is 56.7 Å². The minimum Gasteiger partial charge on any atom is -0.251 e. The first-order valence-electron chi connectivity index (χ1n) is 7.11. The van der Waals surface area contributed by atoms with Crippen molar-refractivity contribution in [3.63, 3.8) is 0 Å². The fourth-order valence-electron chi connectivity index (χ4n) is 2.65. The molecule has 1 aliphatic carbocycles. The second-order valence-electron chi connectivity index (χ2n) is 5.33. The zero-order valence-electron chi connectivity index (χ0n) is 11.7. The summed E-state index contributed by atoms with van der Waals surface area (Å²) in [7, 11) is -3.41. The maximum Gasteiger partial charge on any atom is 0.169 e. The first kappa shape index (κ1) is 15.3. The van der Waals surface area contributed by atoms with Gasteiger partial charge in [-0.05, 0) is 36.6 Å². The Morgan fingerprint density at radius 1 is 1.35 bits per heavy atom. The lowest BCUT2D eigenvalue weighted by Gasteiger charge is -2.23. The summed E-state index contributed by atoms with van der Waals surface area (Å²) in [6, 6.07) is 0.188. The number of rotatable bonds is 6. The molecule has 0 aromatic carbocycles. The molecule has 0 radical (unpaired) electrons. The lowest BCUT2D eigenvalue weighted by Crippen LogP contribution is -2.23. The molecule has 0 saturated heterocycles. The summed E-state index contributed by atoms with van der Waals surface area (Å²) in [5, 5.41) is 10.7. The summed E-state index contributed by atoms with van der Waals surface area (Å²) in [4.78, 5) is 0. The molecule has 6 nitrogen and oxygen atoms in total. The first-order chi connectivity index (χ1) is 9.56. The highest BCUT2D eigenvalue weighted by Crippen LogP contribution is 2.30. The van der Waals surface area contributed by atoms with Gasteiger partial charge in [0.2, 0.25) is 0 Å². The second-order valence-corrected chi connectivity index (χ2v) is 7.77. The molecule has 8 heteroatoms. The standard InChI is InChI=1S/C12H21FN4O2S/c1-10(20(18,19)9-5-8-13)12-14-15-16-17(12)11-6-3-2-4-7-11/h10-11H,2-9H2,1H3. The van der Waals surface area contributed by atoms with Crippen LogP contribution in [0.2, 0.25) is 0 Å². The summed E-state index contributed by atoms with van der Waals surface area (Å²) in [6.45, 7) is 0.956. The van der Waals surface area contributed by atoms with Crippen molar-refractivity contribution in [2.24, 2.45) is 0 Å². The summed E-state index contributed by atoms with van der Waals surface area (Å²) in [5.74, 6) is 0.220. The van der Waals surface area contributed by atoms with Gasteiger partial charge < -0.3 is 0 Å². The van der Waals surface area contributed by atoms with E-state index in [1.807, 2.05) is 0 Å². The van der Waals surface area contributed by atoms with Crippen LogP contribution in [0.3, 0.4) is 0 Å². The number of tetrazole rings is 1. The van der Waals surface area contributed by atoms with E-state index in [-0.39, 0.29) is 18.2 Å². The molecular formula is C12H21FN4O2S. The lowest BCUT2D eigenvalue weighted by molar-refractivity contribution is 0.316. The Morgan fingerprint density at radius 3 is 2.70 bits per heavy atom. The molecule has 1 fully saturated rings. The van der Waals surface area contributed by atoms with Gasteiger partial charge in [-0.3, -0.25) is 4.39 Å². The Balaban J connectivity index is 2.18. The summed E-state index contributed by atoms with van der Waals surface area (Å²) >= 11 is 0. The molecule has 0 spiro atoms. The minimum absolute atomic E-state index is 0.0255. The lowest BCUT2D eigenvalue weighted by atomic mass is 9.95. The topological polar surface area (TPSA) is 77.7 Å². The molecule has 1 heterocycles. The number of alkyl halides is 1. The number of aromatic nitrogens is 4. The van der Waals surface area contributed by atoms with Gasteiger partial charge in [-0.1, -0.05) is 19.3 Å². The predicted molar refractivity (Wildman–Crippen MR) is 72.7 cm³/mol. The highest BCUT2D eigenvalue weighted by Gasteiger charge is 2.30. The van der Waals surface area contributed by atoms with Crippen molar-refractivity contribution in [3.05, 3.63) is 5.82 Å². The van der Waals surface area contributed by atoms with E-state index in [1.54, 1.807) is 11.6 Å². The van der Waals surface area contributed by atoms with Crippen LogP contribution in [0.25, 0.3) is 0 Å². The second kappa shape index (κ2) is 6.60. The summed E-state index contributed by atoms with van der Waals surface area (Å²) in [5.41, 5.74) is 0. The fourth-order valence-corrected chi connectivity index (χ4v) is 3.99. The largest absolute Gasteiger partial charge is 0.251 e. The number of hydrogen-bond acceptors (Lipinski definition) is 5. The number of nitrogens with zero attached hydrogens (tertiary/aromatic N) is 4. The Bertz CT molecular complexity index is 525. The van der Waals surface area contributed by atoms with Gasteiger partial charge in [-0.15, -0.1) is 5.10 Å². The van der Waals surface area contributed by atoms with E-state index < -0.39 is 21.8 Å². The van der Waals surface area contributed by atoms with E-state index >= 15 is 0 Å². The molecule has 1 aromatic rings. The smallest absolute Gasteiger partial charge is 0.169 e. The maximum atomic E-state index is 12.2. The normalized spacial score (nSPS) is 19.1. The molecule has 0 N–H and O–H groups in total. The molecule has 1 atom stereocenters. The van der Waals surface area contributed by atoms with Crippen LogP contribution in [0.15, 0.2) is 0 Å². The van der Waals surface area contributed by atoms with Crippen LogP contribution in [0.1, 0.15) is 62.6 Å². The molecule has 114 valence electrons.